The maximum absolute atomic E-state index is 14.9. The van der Waals surface area contributed by atoms with Crippen LogP contribution >= 0.6 is 0 Å². The first kappa shape index (κ1) is 23.5. The first-order valence-electron chi connectivity index (χ1n) is 9.65. The molecule has 0 spiro atoms. The number of nitrogens with one attached hydrogen (secondary N) is 2. The number of carbonyl (C=O) groups excluding carboxylic acids is 1. The monoisotopic (exact) mass is 457 g/mol. The lowest BCUT2D eigenvalue weighted by Gasteiger charge is -2.38. The molecule has 1 aromatic carbocycles. The fourth-order valence-corrected chi connectivity index (χ4v) is 3.30. The number of morpholine rings is 1. The standard InChI is InChI=1S/C20H23F4N5O3/c1-19(2)10-29(5-6-32-19)17(30)11-7-15(31-4)14(8-13(11)21)27-18-26-9-12(20(22,23)24)16(25-3)28-18/h7-9H,5-6,10H2,1-4H3,(H2,25,26,27,28). The molecule has 0 unspecified atom stereocenters. The molecule has 3 rings (SSSR count). The Morgan fingerprint density at radius 2 is 2.03 bits per heavy atom. The first-order chi connectivity index (χ1) is 14.9. The maximum atomic E-state index is 14.9. The smallest absolute Gasteiger partial charge is 0.421 e. The van der Waals surface area contributed by atoms with Gasteiger partial charge in [-0.05, 0) is 19.9 Å². The third-order valence-electron chi connectivity index (χ3n) is 4.81. The number of amides is 1. The number of nitrogens with zero attached hydrogens (tertiary/aromatic N) is 3. The number of benzene rings is 1. The van der Waals surface area contributed by atoms with Crippen LogP contribution in [0.4, 0.5) is 35.0 Å². The summed E-state index contributed by atoms with van der Waals surface area (Å²) in [6.07, 6.45) is -4.03. The molecule has 1 aliphatic rings. The molecule has 0 atom stereocenters. The number of ether oxygens (including phenoxy) is 2. The Balaban J connectivity index is 1.90. The lowest BCUT2D eigenvalue weighted by molar-refractivity contribution is -0.137. The van der Waals surface area contributed by atoms with Crippen molar-refractivity contribution in [3.05, 3.63) is 35.3 Å². The van der Waals surface area contributed by atoms with Crippen molar-refractivity contribution in [3.8, 4) is 5.75 Å². The first-order valence-corrected chi connectivity index (χ1v) is 9.65. The van der Waals surface area contributed by atoms with E-state index in [0.29, 0.717) is 25.9 Å². The molecule has 32 heavy (non-hydrogen) atoms. The van der Waals surface area contributed by atoms with Gasteiger partial charge in [0.1, 0.15) is 22.9 Å². The summed E-state index contributed by atoms with van der Waals surface area (Å²) in [7, 11) is 2.60. The molecule has 8 nitrogen and oxygen atoms in total. The zero-order valence-electron chi connectivity index (χ0n) is 17.9. The highest BCUT2D eigenvalue weighted by atomic mass is 19.4. The van der Waals surface area contributed by atoms with Gasteiger partial charge in [-0.1, -0.05) is 0 Å². The van der Waals surface area contributed by atoms with Crippen LogP contribution in [0.25, 0.3) is 0 Å². The highest BCUT2D eigenvalue weighted by molar-refractivity contribution is 5.96. The van der Waals surface area contributed by atoms with Crippen molar-refractivity contribution < 1.29 is 31.8 Å². The van der Waals surface area contributed by atoms with Crippen LogP contribution in [0, 0.1) is 5.82 Å². The number of aromatic nitrogens is 2. The summed E-state index contributed by atoms with van der Waals surface area (Å²) < 4.78 is 64.8. The zero-order chi connectivity index (χ0) is 23.7. The third-order valence-corrected chi connectivity index (χ3v) is 4.81. The quantitative estimate of drug-likeness (QED) is 0.663. The molecule has 2 N–H and O–H groups in total. The van der Waals surface area contributed by atoms with Gasteiger partial charge in [-0.2, -0.15) is 18.2 Å². The van der Waals surface area contributed by atoms with Crippen LogP contribution in [-0.4, -0.2) is 60.2 Å². The Hall–Kier alpha value is -3.15. The summed E-state index contributed by atoms with van der Waals surface area (Å²) in [6.45, 7) is 4.60. The molecule has 1 aromatic heterocycles. The van der Waals surface area contributed by atoms with E-state index in [9.17, 15) is 22.4 Å². The van der Waals surface area contributed by atoms with Crippen molar-refractivity contribution in [1.29, 1.82) is 0 Å². The highest BCUT2D eigenvalue weighted by Crippen LogP contribution is 2.35. The number of hydrogen-bond acceptors (Lipinski definition) is 7. The van der Waals surface area contributed by atoms with Crippen molar-refractivity contribution in [2.45, 2.75) is 25.6 Å². The van der Waals surface area contributed by atoms with Crippen LogP contribution in [0.3, 0.4) is 0 Å². The van der Waals surface area contributed by atoms with Gasteiger partial charge < -0.3 is 25.0 Å². The Morgan fingerprint density at radius 1 is 1.31 bits per heavy atom. The van der Waals surface area contributed by atoms with E-state index < -0.39 is 34.9 Å². The van der Waals surface area contributed by atoms with Crippen molar-refractivity contribution in [2.24, 2.45) is 0 Å². The molecule has 2 heterocycles. The average molecular weight is 457 g/mol. The minimum absolute atomic E-state index is 0.0469. The number of rotatable bonds is 5. The Bertz CT molecular complexity index is 1010. The molecular weight excluding hydrogens is 434 g/mol. The number of methoxy groups -OCH3 is 1. The summed E-state index contributed by atoms with van der Waals surface area (Å²) in [5.74, 6) is -1.92. The molecule has 1 fully saturated rings. The number of hydrogen-bond donors (Lipinski definition) is 2. The van der Waals surface area contributed by atoms with Crippen molar-refractivity contribution >= 4 is 23.4 Å². The average Bonchev–Trinajstić information content (AvgIpc) is 2.72. The van der Waals surface area contributed by atoms with E-state index in [-0.39, 0.29) is 22.9 Å². The molecule has 2 aromatic rings. The van der Waals surface area contributed by atoms with E-state index in [1.807, 2.05) is 13.8 Å². The number of anilines is 3. The highest BCUT2D eigenvalue weighted by Gasteiger charge is 2.35. The van der Waals surface area contributed by atoms with Gasteiger partial charge in [-0.15, -0.1) is 0 Å². The van der Waals surface area contributed by atoms with E-state index in [1.165, 1.54) is 25.1 Å². The van der Waals surface area contributed by atoms with E-state index in [4.69, 9.17) is 9.47 Å². The van der Waals surface area contributed by atoms with Crippen LogP contribution in [-0.2, 0) is 10.9 Å². The Labute approximate surface area is 181 Å². The maximum Gasteiger partial charge on any atom is 0.421 e. The molecule has 0 bridgehead atoms. The minimum atomic E-state index is -4.64. The molecule has 174 valence electrons. The van der Waals surface area contributed by atoms with Gasteiger partial charge in [-0.25, -0.2) is 9.37 Å². The van der Waals surface area contributed by atoms with Crippen LogP contribution in [0.5, 0.6) is 5.75 Å². The van der Waals surface area contributed by atoms with E-state index >= 15 is 0 Å². The fraction of sp³-hybridized carbons (Fsp3) is 0.450. The molecule has 1 aliphatic heterocycles. The van der Waals surface area contributed by atoms with Crippen molar-refractivity contribution in [3.63, 3.8) is 0 Å². The fourth-order valence-electron chi connectivity index (χ4n) is 3.30. The third kappa shape index (κ3) is 5.01. The molecule has 12 heteroatoms. The lowest BCUT2D eigenvalue weighted by atomic mass is 10.1. The molecule has 1 amide bonds. The zero-order valence-corrected chi connectivity index (χ0v) is 17.9. The van der Waals surface area contributed by atoms with E-state index in [2.05, 4.69) is 20.6 Å². The second kappa shape index (κ2) is 8.77. The predicted octanol–water partition coefficient (Wildman–Crippen LogP) is 3.68. The summed E-state index contributed by atoms with van der Waals surface area (Å²) in [5, 5.41) is 5.00. The van der Waals surface area contributed by atoms with Crippen molar-refractivity contribution in [2.75, 3.05) is 44.5 Å². The summed E-state index contributed by atoms with van der Waals surface area (Å²) in [4.78, 5) is 21.8. The van der Waals surface area contributed by atoms with Gasteiger partial charge in [0.15, 0.2) is 0 Å². The van der Waals surface area contributed by atoms with Crippen LogP contribution in [0.15, 0.2) is 18.3 Å². The second-order valence-corrected chi connectivity index (χ2v) is 7.70. The van der Waals surface area contributed by atoms with Gasteiger partial charge >= 0.3 is 6.18 Å². The normalized spacial score (nSPS) is 15.9. The van der Waals surface area contributed by atoms with E-state index in [1.54, 1.807) is 0 Å². The Kier molecular flexibility index (Phi) is 6.44. The topological polar surface area (TPSA) is 88.6 Å². The number of alkyl halides is 3. The van der Waals surface area contributed by atoms with Crippen LogP contribution in [0.1, 0.15) is 29.8 Å². The molecule has 0 radical (unpaired) electrons. The summed E-state index contributed by atoms with van der Waals surface area (Å²) >= 11 is 0. The molecule has 0 saturated carbocycles. The number of carbonyl (C=O) groups is 1. The largest absolute Gasteiger partial charge is 0.495 e. The SMILES string of the molecule is CNc1nc(Nc2cc(F)c(C(=O)N3CCOC(C)(C)C3)cc2OC)ncc1C(F)(F)F. The van der Waals surface area contributed by atoms with E-state index in [0.717, 1.165) is 6.07 Å². The van der Waals surface area contributed by atoms with Gasteiger partial charge in [0.05, 0.1) is 30.6 Å². The van der Waals surface area contributed by atoms with Gasteiger partial charge in [0.25, 0.3) is 5.91 Å². The summed E-state index contributed by atoms with van der Waals surface area (Å²) in [6, 6.07) is 2.24. The molecule has 1 saturated heterocycles. The van der Waals surface area contributed by atoms with Crippen LogP contribution < -0.4 is 15.4 Å². The summed E-state index contributed by atoms with van der Waals surface area (Å²) in [5.41, 5.74) is -1.75. The predicted molar refractivity (Wildman–Crippen MR) is 109 cm³/mol. The van der Waals surface area contributed by atoms with Crippen LogP contribution in [0.2, 0.25) is 0 Å². The second-order valence-electron chi connectivity index (χ2n) is 7.70. The molecular formula is C20H23F4N5O3. The minimum Gasteiger partial charge on any atom is -0.495 e. The Morgan fingerprint density at radius 3 is 2.62 bits per heavy atom. The number of halogens is 4. The lowest BCUT2D eigenvalue weighted by Crippen LogP contribution is -2.50. The molecule has 0 aliphatic carbocycles. The van der Waals surface area contributed by atoms with Gasteiger partial charge in [0.2, 0.25) is 5.95 Å². The van der Waals surface area contributed by atoms with Gasteiger partial charge in [-0.3, -0.25) is 4.79 Å². The van der Waals surface area contributed by atoms with Gasteiger partial charge in [0, 0.05) is 32.4 Å². The van der Waals surface area contributed by atoms with Crippen molar-refractivity contribution in [1.82, 2.24) is 14.9 Å².